The van der Waals surface area contributed by atoms with Crippen LogP contribution in [0.25, 0.3) is 0 Å². The molecule has 162 valence electrons. The van der Waals surface area contributed by atoms with Gasteiger partial charge in [0, 0.05) is 32.4 Å². The minimum Gasteiger partial charge on any atom is -0.486 e. The normalized spacial score (nSPS) is 18.4. The first-order chi connectivity index (χ1) is 14.3. The molecule has 30 heavy (non-hydrogen) atoms. The summed E-state index contributed by atoms with van der Waals surface area (Å²) >= 11 is 0. The van der Waals surface area contributed by atoms with Crippen molar-refractivity contribution in [1.82, 2.24) is 10.6 Å². The fraction of sp³-hybridized carbons (Fsp3) is 0.409. The van der Waals surface area contributed by atoms with Crippen LogP contribution in [0.5, 0.6) is 11.5 Å². The highest BCUT2D eigenvalue weighted by Gasteiger charge is 2.20. The summed E-state index contributed by atoms with van der Waals surface area (Å²) < 4.78 is 17.1. The number of morpholine rings is 1. The van der Waals surface area contributed by atoms with Gasteiger partial charge in [-0.25, -0.2) is 0 Å². The van der Waals surface area contributed by atoms with Gasteiger partial charge in [-0.3, -0.25) is 4.99 Å². The van der Waals surface area contributed by atoms with Crippen molar-refractivity contribution in [3.05, 3.63) is 54.1 Å². The molecule has 2 aliphatic heterocycles. The number of ether oxygens (including phenoxy) is 3. The molecule has 1 unspecified atom stereocenters. The predicted octanol–water partition coefficient (Wildman–Crippen LogP) is 2.65. The fourth-order valence-corrected chi connectivity index (χ4v) is 3.43. The average Bonchev–Trinajstić information content (AvgIpc) is 2.80. The number of para-hydroxylation sites is 2. The van der Waals surface area contributed by atoms with Crippen LogP contribution in [0.1, 0.15) is 5.56 Å². The molecule has 0 aromatic heterocycles. The smallest absolute Gasteiger partial charge is 0.191 e. The number of rotatable bonds is 5. The lowest BCUT2D eigenvalue weighted by molar-refractivity contribution is 0.0936. The number of benzene rings is 2. The van der Waals surface area contributed by atoms with Crippen LogP contribution in [0.4, 0.5) is 5.69 Å². The van der Waals surface area contributed by atoms with Crippen LogP contribution in [-0.2, 0) is 11.3 Å². The van der Waals surface area contributed by atoms with Crippen LogP contribution in [0.15, 0.2) is 53.5 Å². The minimum absolute atomic E-state index is 0. The summed E-state index contributed by atoms with van der Waals surface area (Å²) in [6.45, 7) is 5.33. The van der Waals surface area contributed by atoms with Gasteiger partial charge in [-0.05, 0) is 29.8 Å². The van der Waals surface area contributed by atoms with E-state index >= 15 is 0 Å². The first-order valence-electron chi connectivity index (χ1n) is 10.1. The summed E-state index contributed by atoms with van der Waals surface area (Å²) in [5.41, 5.74) is 2.45. The lowest BCUT2D eigenvalue weighted by atomic mass is 10.2. The molecule has 2 heterocycles. The summed E-state index contributed by atoms with van der Waals surface area (Å²) in [4.78, 5) is 6.65. The number of guanidine groups is 1. The molecule has 2 aromatic rings. The van der Waals surface area contributed by atoms with Gasteiger partial charge in [0.05, 0.1) is 19.8 Å². The molecule has 7 nitrogen and oxygen atoms in total. The largest absolute Gasteiger partial charge is 0.486 e. The van der Waals surface area contributed by atoms with Gasteiger partial charge in [0.25, 0.3) is 0 Å². The second-order valence-electron chi connectivity index (χ2n) is 7.07. The number of hydrogen-bond donors (Lipinski definition) is 2. The third kappa shape index (κ3) is 5.91. The highest BCUT2D eigenvalue weighted by Crippen LogP contribution is 2.30. The second kappa shape index (κ2) is 11.3. The Labute approximate surface area is 194 Å². The molecule has 4 rings (SSSR count). The van der Waals surface area contributed by atoms with Gasteiger partial charge < -0.3 is 29.7 Å². The lowest BCUT2D eigenvalue weighted by Gasteiger charge is -2.29. The van der Waals surface area contributed by atoms with E-state index in [1.165, 1.54) is 11.3 Å². The van der Waals surface area contributed by atoms with Crippen LogP contribution < -0.4 is 25.0 Å². The van der Waals surface area contributed by atoms with Crippen molar-refractivity contribution in [3.63, 3.8) is 0 Å². The van der Waals surface area contributed by atoms with Crippen molar-refractivity contribution < 1.29 is 14.2 Å². The van der Waals surface area contributed by atoms with Crippen molar-refractivity contribution >= 4 is 35.6 Å². The lowest BCUT2D eigenvalue weighted by Crippen LogP contribution is -2.45. The van der Waals surface area contributed by atoms with Crippen LogP contribution in [0.2, 0.25) is 0 Å². The van der Waals surface area contributed by atoms with Crippen molar-refractivity contribution in [1.29, 1.82) is 0 Å². The number of hydrogen-bond acceptors (Lipinski definition) is 5. The standard InChI is InChI=1S/C22H28N4O3.HI/c1-23-22(25-15-19-16-28-20-4-2-3-5-21(20)29-19)24-14-17-6-8-18(9-7-17)26-10-12-27-13-11-26;/h2-9,19H,10-16H2,1H3,(H2,23,24,25);1H. The zero-order valence-electron chi connectivity index (χ0n) is 17.2. The molecule has 2 aliphatic rings. The van der Waals surface area contributed by atoms with Crippen LogP contribution >= 0.6 is 24.0 Å². The monoisotopic (exact) mass is 524 g/mol. The van der Waals surface area contributed by atoms with Crippen molar-refractivity contribution in [2.45, 2.75) is 12.6 Å². The summed E-state index contributed by atoms with van der Waals surface area (Å²) in [5.74, 6) is 2.32. The highest BCUT2D eigenvalue weighted by atomic mass is 127. The van der Waals surface area contributed by atoms with Crippen LogP contribution in [0, 0.1) is 0 Å². The quantitative estimate of drug-likeness (QED) is 0.356. The molecule has 8 heteroatoms. The van der Waals surface area contributed by atoms with Gasteiger partial charge in [0.2, 0.25) is 0 Å². The van der Waals surface area contributed by atoms with Crippen molar-refractivity contribution in [3.8, 4) is 11.5 Å². The Morgan fingerprint density at radius 2 is 1.77 bits per heavy atom. The summed E-state index contributed by atoms with van der Waals surface area (Å²) in [6.07, 6.45) is -0.0590. The number of nitrogens with zero attached hydrogens (tertiary/aromatic N) is 2. The minimum atomic E-state index is -0.0590. The van der Waals surface area contributed by atoms with E-state index in [1.807, 2.05) is 24.3 Å². The Morgan fingerprint density at radius 3 is 2.50 bits per heavy atom. The first kappa shape index (κ1) is 22.5. The Morgan fingerprint density at radius 1 is 1.03 bits per heavy atom. The van der Waals surface area contributed by atoms with Crippen LogP contribution in [-0.4, -0.2) is 58.6 Å². The van der Waals surface area contributed by atoms with E-state index in [0.717, 1.165) is 43.8 Å². The zero-order chi connectivity index (χ0) is 19.9. The Hall–Kier alpha value is -2.20. The number of halogens is 1. The maximum atomic E-state index is 5.98. The molecular formula is C22H29IN4O3. The molecule has 0 amide bonds. The molecule has 1 fully saturated rings. The molecule has 1 atom stereocenters. The van der Waals surface area contributed by atoms with Gasteiger partial charge in [0.1, 0.15) is 12.7 Å². The highest BCUT2D eigenvalue weighted by molar-refractivity contribution is 14.0. The Balaban J connectivity index is 0.00000256. The first-order valence-corrected chi connectivity index (χ1v) is 10.1. The van der Waals surface area contributed by atoms with Gasteiger partial charge in [-0.15, -0.1) is 24.0 Å². The molecule has 0 bridgehead atoms. The average molecular weight is 524 g/mol. The zero-order valence-corrected chi connectivity index (χ0v) is 19.5. The number of aliphatic imine (C=N–C) groups is 1. The summed E-state index contributed by atoms with van der Waals surface area (Å²) in [5, 5.41) is 6.67. The molecule has 0 radical (unpaired) electrons. The topological polar surface area (TPSA) is 67.4 Å². The molecular weight excluding hydrogens is 495 g/mol. The van der Waals surface area contributed by atoms with Gasteiger partial charge >= 0.3 is 0 Å². The Bertz CT molecular complexity index is 825. The third-order valence-electron chi connectivity index (χ3n) is 5.06. The SMILES string of the molecule is CN=C(NCc1ccc(N2CCOCC2)cc1)NCC1COc2ccccc2O1.I. The third-order valence-corrected chi connectivity index (χ3v) is 5.06. The van der Waals surface area contributed by atoms with E-state index in [2.05, 4.69) is 44.8 Å². The maximum absolute atomic E-state index is 5.98. The van der Waals surface area contributed by atoms with E-state index in [4.69, 9.17) is 14.2 Å². The molecule has 0 aliphatic carbocycles. The van der Waals surface area contributed by atoms with E-state index < -0.39 is 0 Å². The summed E-state index contributed by atoms with van der Waals surface area (Å²) in [7, 11) is 1.77. The van der Waals surface area contributed by atoms with Gasteiger partial charge in [0.15, 0.2) is 17.5 Å². The molecule has 2 N–H and O–H groups in total. The molecule has 0 spiro atoms. The van der Waals surface area contributed by atoms with Gasteiger partial charge in [-0.2, -0.15) is 0 Å². The van der Waals surface area contributed by atoms with E-state index in [9.17, 15) is 0 Å². The second-order valence-corrected chi connectivity index (χ2v) is 7.07. The summed E-state index contributed by atoms with van der Waals surface area (Å²) in [6, 6.07) is 16.4. The molecule has 1 saturated heterocycles. The van der Waals surface area contributed by atoms with E-state index in [-0.39, 0.29) is 30.1 Å². The number of nitrogens with one attached hydrogen (secondary N) is 2. The predicted molar refractivity (Wildman–Crippen MR) is 129 cm³/mol. The molecule has 0 saturated carbocycles. The van der Waals surface area contributed by atoms with Crippen molar-refractivity contribution in [2.24, 2.45) is 4.99 Å². The maximum Gasteiger partial charge on any atom is 0.191 e. The number of fused-ring (bicyclic) bond motifs is 1. The van der Waals surface area contributed by atoms with Gasteiger partial charge in [-0.1, -0.05) is 24.3 Å². The van der Waals surface area contributed by atoms with Crippen LogP contribution in [0.3, 0.4) is 0 Å². The Kier molecular flexibility index (Phi) is 8.44. The van der Waals surface area contributed by atoms with E-state index in [1.54, 1.807) is 7.05 Å². The number of anilines is 1. The van der Waals surface area contributed by atoms with E-state index in [0.29, 0.717) is 19.7 Å². The molecule has 2 aromatic carbocycles. The fourth-order valence-electron chi connectivity index (χ4n) is 3.43. The van der Waals surface area contributed by atoms with Crippen molar-refractivity contribution in [2.75, 3.05) is 51.4 Å².